The molecule has 3 N–H and O–H groups in total. The van der Waals surface area contributed by atoms with Gasteiger partial charge < -0.3 is 10.2 Å². The van der Waals surface area contributed by atoms with Gasteiger partial charge in [0.25, 0.3) is 0 Å². The molecule has 25 heavy (non-hydrogen) atoms. The number of carboxylic acid groups (broad SMARTS) is 1. The van der Waals surface area contributed by atoms with Gasteiger partial charge in [-0.3, -0.25) is 10.1 Å². The molecule has 0 fully saturated rings. The number of aliphatic carboxylic acids is 1. The van der Waals surface area contributed by atoms with E-state index < -0.39 is 12.1 Å². The third kappa shape index (κ3) is 16.7. The summed E-state index contributed by atoms with van der Waals surface area (Å²) in [6.45, 7) is 1.93. The van der Waals surface area contributed by atoms with Gasteiger partial charge in [-0.05, 0) is 32.1 Å². The van der Waals surface area contributed by atoms with Gasteiger partial charge >= 0.3 is 5.97 Å². The first kappa shape index (κ1) is 23.1. The maximum Gasteiger partial charge on any atom is 0.303 e. The van der Waals surface area contributed by atoms with E-state index in [4.69, 9.17) is 10.4 Å². The van der Waals surface area contributed by atoms with E-state index in [1.165, 1.54) is 0 Å². The fourth-order valence-electron chi connectivity index (χ4n) is 1.82. The topological polar surface area (TPSA) is 87.0 Å². The van der Waals surface area contributed by atoms with Crippen molar-refractivity contribution >= 4 is 5.97 Å². The summed E-state index contributed by atoms with van der Waals surface area (Å²) in [6.07, 6.45) is 21.4. The second-order valence-corrected chi connectivity index (χ2v) is 5.47. The van der Waals surface area contributed by atoms with Gasteiger partial charge in [-0.1, -0.05) is 67.7 Å². The molecule has 0 rings (SSSR count). The van der Waals surface area contributed by atoms with Crippen LogP contribution in [0.5, 0.6) is 0 Å². The van der Waals surface area contributed by atoms with Gasteiger partial charge in [-0.2, -0.15) is 0 Å². The minimum Gasteiger partial charge on any atom is -0.481 e. The van der Waals surface area contributed by atoms with E-state index in [0.29, 0.717) is 12.8 Å². The number of aliphatic hydroxyl groups is 1. The fourth-order valence-corrected chi connectivity index (χ4v) is 1.82. The molecule has 0 aliphatic heterocycles. The third-order valence-corrected chi connectivity index (χ3v) is 3.30. The molecule has 0 saturated carbocycles. The lowest BCUT2D eigenvalue weighted by atomic mass is 10.1. The lowest BCUT2D eigenvalue weighted by molar-refractivity contribution is -0.267. The largest absolute Gasteiger partial charge is 0.481 e. The smallest absolute Gasteiger partial charge is 0.303 e. The van der Waals surface area contributed by atoms with Gasteiger partial charge in [-0.15, -0.1) is 0 Å². The molecule has 0 aromatic heterocycles. The van der Waals surface area contributed by atoms with E-state index in [2.05, 4.69) is 11.0 Å². The lowest BCUT2D eigenvalue weighted by Gasteiger charge is -2.06. The Kier molecular flexibility index (Phi) is 15.6. The Bertz CT molecular complexity index is 474. The van der Waals surface area contributed by atoms with Crippen LogP contribution in [0, 0.1) is 0 Å². The minimum atomic E-state index is -0.850. The first-order valence-corrected chi connectivity index (χ1v) is 8.61. The highest BCUT2D eigenvalue weighted by atomic mass is 17.1. The number of rotatable bonds is 14. The van der Waals surface area contributed by atoms with E-state index in [1.54, 1.807) is 18.2 Å². The number of aliphatic hydroxyl groups excluding tert-OH is 1. The maximum absolute atomic E-state index is 10.4. The van der Waals surface area contributed by atoms with Crippen LogP contribution in [-0.4, -0.2) is 33.6 Å². The van der Waals surface area contributed by atoms with Gasteiger partial charge in [0, 0.05) is 6.42 Å². The van der Waals surface area contributed by atoms with Crippen LogP contribution in [0.1, 0.15) is 45.4 Å². The van der Waals surface area contributed by atoms with Crippen LogP contribution in [0.3, 0.4) is 0 Å². The SMILES string of the molecule is CCC(O)/C=C/C=C\C/C=C\C/C=C\C=C\[C@H](CCCC(=O)O)OO. The molecule has 0 aliphatic rings. The van der Waals surface area contributed by atoms with Crippen LogP contribution in [-0.2, 0) is 9.68 Å². The van der Waals surface area contributed by atoms with Gasteiger partial charge in [0.05, 0.1) is 6.10 Å². The predicted octanol–water partition coefficient (Wildman–Crippen LogP) is 4.43. The Morgan fingerprint density at radius 1 is 1.00 bits per heavy atom. The van der Waals surface area contributed by atoms with Crippen molar-refractivity contribution in [2.24, 2.45) is 0 Å². The molecule has 1 unspecified atom stereocenters. The summed E-state index contributed by atoms with van der Waals surface area (Å²) in [6, 6.07) is 0. The summed E-state index contributed by atoms with van der Waals surface area (Å²) in [5, 5.41) is 26.6. The number of carbonyl (C=O) groups is 1. The van der Waals surface area contributed by atoms with Crippen molar-refractivity contribution in [1.29, 1.82) is 0 Å². The molecule has 5 nitrogen and oxygen atoms in total. The first-order valence-electron chi connectivity index (χ1n) is 8.61. The Morgan fingerprint density at radius 2 is 1.60 bits per heavy atom. The molecule has 2 atom stereocenters. The number of allylic oxidation sites excluding steroid dienone is 8. The van der Waals surface area contributed by atoms with Crippen molar-refractivity contribution in [3.8, 4) is 0 Å². The Morgan fingerprint density at radius 3 is 2.12 bits per heavy atom. The summed E-state index contributed by atoms with van der Waals surface area (Å²) >= 11 is 0. The standard InChI is InChI=1S/C20H30O5/c1-2-18(21)14-11-9-7-5-3-4-6-8-10-12-15-19(25-24)16-13-17-20(22)23/h3-4,7-12,14-15,18-19,21,24H,2,5-6,13,16-17H2,1H3,(H,22,23)/b4-3-,9-7-,10-8-,14-11+,15-12+/t18?,19-/m1/s1. The summed E-state index contributed by atoms with van der Waals surface area (Å²) in [7, 11) is 0. The van der Waals surface area contributed by atoms with Crippen molar-refractivity contribution in [2.45, 2.75) is 57.7 Å². The second kappa shape index (κ2) is 16.9. The summed E-state index contributed by atoms with van der Waals surface area (Å²) in [5.74, 6) is -0.850. The zero-order chi connectivity index (χ0) is 18.8. The van der Waals surface area contributed by atoms with Crippen molar-refractivity contribution in [3.05, 3.63) is 60.8 Å². The molecule has 0 aromatic carbocycles. The van der Waals surface area contributed by atoms with Gasteiger partial charge in [-0.25, -0.2) is 4.89 Å². The highest BCUT2D eigenvalue weighted by Crippen LogP contribution is 2.06. The molecule has 0 bridgehead atoms. The van der Waals surface area contributed by atoms with Crippen molar-refractivity contribution < 1.29 is 25.2 Å². The normalized spacial score (nSPS) is 15.3. The fraction of sp³-hybridized carbons (Fsp3) is 0.450. The quantitative estimate of drug-likeness (QED) is 0.187. The van der Waals surface area contributed by atoms with Crippen molar-refractivity contribution in [3.63, 3.8) is 0 Å². The number of carboxylic acids is 1. The molecular formula is C20H30O5. The molecule has 0 aliphatic carbocycles. The highest BCUT2D eigenvalue weighted by Gasteiger charge is 2.05. The highest BCUT2D eigenvalue weighted by molar-refractivity contribution is 5.66. The zero-order valence-electron chi connectivity index (χ0n) is 14.8. The Labute approximate surface area is 150 Å². The summed E-state index contributed by atoms with van der Waals surface area (Å²) < 4.78 is 0. The zero-order valence-corrected chi connectivity index (χ0v) is 14.8. The van der Waals surface area contributed by atoms with Crippen LogP contribution >= 0.6 is 0 Å². The van der Waals surface area contributed by atoms with Crippen LogP contribution in [0.15, 0.2) is 60.8 Å². The van der Waals surface area contributed by atoms with Gasteiger partial charge in [0.1, 0.15) is 6.10 Å². The van der Waals surface area contributed by atoms with Crippen molar-refractivity contribution in [1.82, 2.24) is 0 Å². The van der Waals surface area contributed by atoms with Crippen LogP contribution in [0.2, 0.25) is 0 Å². The number of hydrogen-bond donors (Lipinski definition) is 3. The van der Waals surface area contributed by atoms with Crippen LogP contribution < -0.4 is 0 Å². The molecule has 140 valence electrons. The van der Waals surface area contributed by atoms with E-state index in [1.807, 2.05) is 43.4 Å². The first-order chi connectivity index (χ1) is 12.1. The minimum absolute atomic E-state index is 0.0672. The average Bonchev–Trinajstić information content (AvgIpc) is 2.60. The van der Waals surface area contributed by atoms with E-state index >= 15 is 0 Å². The average molecular weight is 350 g/mol. The Hall–Kier alpha value is -1.95. The molecule has 0 aromatic rings. The van der Waals surface area contributed by atoms with Crippen molar-refractivity contribution in [2.75, 3.05) is 0 Å². The Balaban J connectivity index is 3.86. The molecular weight excluding hydrogens is 320 g/mol. The monoisotopic (exact) mass is 350 g/mol. The van der Waals surface area contributed by atoms with Gasteiger partial charge in [0.2, 0.25) is 0 Å². The predicted molar refractivity (Wildman–Crippen MR) is 100 cm³/mol. The maximum atomic E-state index is 10.4. The van der Waals surface area contributed by atoms with E-state index in [0.717, 1.165) is 19.3 Å². The summed E-state index contributed by atoms with van der Waals surface area (Å²) in [4.78, 5) is 14.7. The van der Waals surface area contributed by atoms with Crippen LogP contribution in [0.4, 0.5) is 0 Å². The molecule has 0 spiro atoms. The number of hydrogen-bond acceptors (Lipinski definition) is 4. The van der Waals surface area contributed by atoms with Gasteiger partial charge in [0.15, 0.2) is 0 Å². The van der Waals surface area contributed by atoms with E-state index in [-0.39, 0.29) is 12.5 Å². The molecule has 0 heterocycles. The molecule has 0 radical (unpaired) electrons. The second-order valence-electron chi connectivity index (χ2n) is 5.47. The third-order valence-electron chi connectivity index (χ3n) is 3.30. The molecule has 0 amide bonds. The molecule has 0 saturated heterocycles. The summed E-state index contributed by atoms with van der Waals surface area (Å²) in [5.41, 5.74) is 0. The lowest BCUT2D eigenvalue weighted by Crippen LogP contribution is -2.08. The van der Waals surface area contributed by atoms with E-state index in [9.17, 15) is 9.90 Å². The molecule has 5 heteroatoms. The van der Waals surface area contributed by atoms with Crippen LogP contribution in [0.25, 0.3) is 0 Å².